The molecular formula is C25H20FN3O. The van der Waals surface area contributed by atoms with Crippen molar-refractivity contribution in [2.24, 2.45) is 0 Å². The Kier molecular flexibility index (Phi) is 4.43. The number of nitrogens with zero attached hydrogens (tertiary/aromatic N) is 3. The van der Waals surface area contributed by atoms with Gasteiger partial charge in [-0.1, -0.05) is 31.2 Å². The smallest absolute Gasteiger partial charge is 0.124 e. The standard InChI is InChI=1S/C25H20FN3O/c1-3-16-4-6-17(7-5-16)24-22-15-27-23-13-8-18(26)14-21(23)25(22)29(28-24)19-9-11-20(30-2)12-10-19/h4-15H,3H2,1-2H3. The fourth-order valence-electron chi connectivity index (χ4n) is 3.78. The highest BCUT2D eigenvalue weighted by molar-refractivity contribution is 6.08. The van der Waals surface area contributed by atoms with Crippen molar-refractivity contribution in [3.05, 3.63) is 84.3 Å². The van der Waals surface area contributed by atoms with E-state index in [1.54, 1.807) is 13.2 Å². The van der Waals surface area contributed by atoms with Gasteiger partial charge >= 0.3 is 0 Å². The quantitative estimate of drug-likeness (QED) is 0.376. The SMILES string of the molecule is CCc1ccc(-c2nn(-c3ccc(OC)cc3)c3c2cnc2ccc(F)cc23)cc1. The van der Waals surface area contributed by atoms with E-state index in [2.05, 4.69) is 36.2 Å². The van der Waals surface area contributed by atoms with Gasteiger partial charge < -0.3 is 4.74 Å². The molecule has 3 aromatic carbocycles. The zero-order valence-electron chi connectivity index (χ0n) is 16.8. The summed E-state index contributed by atoms with van der Waals surface area (Å²) in [4.78, 5) is 4.56. The summed E-state index contributed by atoms with van der Waals surface area (Å²) in [5.41, 5.74) is 5.52. The molecule has 0 unspecified atom stereocenters. The third-order valence-electron chi connectivity index (χ3n) is 5.42. The lowest BCUT2D eigenvalue weighted by atomic mass is 10.0. The van der Waals surface area contributed by atoms with E-state index in [4.69, 9.17) is 9.84 Å². The highest BCUT2D eigenvalue weighted by Gasteiger charge is 2.17. The number of ether oxygens (including phenoxy) is 1. The maximum Gasteiger partial charge on any atom is 0.124 e. The summed E-state index contributed by atoms with van der Waals surface area (Å²) in [7, 11) is 1.64. The molecule has 2 heterocycles. The fourth-order valence-corrected chi connectivity index (χ4v) is 3.78. The van der Waals surface area contributed by atoms with Gasteiger partial charge in [0.05, 0.1) is 23.8 Å². The topological polar surface area (TPSA) is 39.9 Å². The number of aromatic nitrogens is 3. The van der Waals surface area contributed by atoms with Crippen LogP contribution in [0.3, 0.4) is 0 Å². The van der Waals surface area contributed by atoms with Gasteiger partial charge in [0.2, 0.25) is 0 Å². The molecule has 30 heavy (non-hydrogen) atoms. The number of halogens is 1. The molecule has 4 nitrogen and oxygen atoms in total. The predicted molar refractivity (Wildman–Crippen MR) is 118 cm³/mol. The van der Waals surface area contributed by atoms with Crippen LogP contribution in [0.15, 0.2) is 72.9 Å². The van der Waals surface area contributed by atoms with Crippen molar-refractivity contribution in [3.63, 3.8) is 0 Å². The average Bonchev–Trinajstić information content (AvgIpc) is 3.19. The van der Waals surface area contributed by atoms with Crippen LogP contribution in [0.4, 0.5) is 4.39 Å². The maximum absolute atomic E-state index is 14.1. The first kappa shape index (κ1) is 18.3. The molecule has 0 fully saturated rings. The van der Waals surface area contributed by atoms with E-state index in [9.17, 15) is 4.39 Å². The van der Waals surface area contributed by atoms with Crippen LogP contribution in [0.2, 0.25) is 0 Å². The van der Waals surface area contributed by atoms with Crippen molar-refractivity contribution in [1.82, 2.24) is 14.8 Å². The second-order valence-electron chi connectivity index (χ2n) is 7.19. The van der Waals surface area contributed by atoms with Gasteiger partial charge in [-0.15, -0.1) is 0 Å². The Bertz CT molecular complexity index is 1360. The Morgan fingerprint density at radius 3 is 2.40 bits per heavy atom. The molecule has 0 radical (unpaired) electrons. The molecule has 5 aromatic rings. The lowest BCUT2D eigenvalue weighted by Crippen LogP contribution is -1.97. The molecular weight excluding hydrogens is 377 g/mol. The number of fused-ring (bicyclic) bond motifs is 3. The van der Waals surface area contributed by atoms with Gasteiger partial charge in [-0.25, -0.2) is 9.07 Å². The highest BCUT2D eigenvalue weighted by Crippen LogP contribution is 2.34. The van der Waals surface area contributed by atoms with Gasteiger partial charge in [-0.05, 0) is 54.4 Å². The molecule has 0 N–H and O–H groups in total. The second kappa shape index (κ2) is 7.26. The average molecular weight is 397 g/mol. The van der Waals surface area contributed by atoms with Crippen molar-refractivity contribution in [3.8, 4) is 22.7 Å². The minimum absolute atomic E-state index is 0.298. The molecule has 5 heteroatoms. The summed E-state index contributed by atoms with van der Waals surface area (Å²) in [5, 5.41) is 6.55. The Balaban J connectivity index is 1.83. The van der Waals surface area contributed by atoms with Crippen molar-refractivity contribution in [2.75, 3.05) is 7.11 Å². The first-order valence-electron chi connectivity index (χ1n) is 9.88. The Morgan fingerprint density at radius 1 is 0.933 bits per heavy atom. The number of hydrogen-bond acceptors (Lipinski definition) is 3. The van der Waals surface area contributed by atoms with Gasteiger partial charge in [0.15, 0.2) is 0 Å². The van der Waals surface area contributed by atoms with Crippen LogP contribution in [0.25, 0.3) is 38.8 Å². The van der Waals surface area contributed by atoms with Gasteiger partial charge in [0, 0.05) is 22.5 Å². The van der Waals surface area contributed by atoms with Crippen molar-refractivity contribution in [2.45, 2.75) is 13.3 Å². The monoisotopic (exact) mass is 397 g/mol. The molecule has 0 saturated carbocycles. The van der Waals surface area contributed by atoms with E-state index in [0.29, 0.717) is 0 Å². The summed E-state index contributed by atoms with van der Waals surface area (Å²) in [6.45, 7) is 2.13. The van der Waals surface area contributed by atoms with E-state index in [0.717, 1.165) is 50.9 Å². The van der Waals surface area contributed by atoms with E-state index in [-0.39, 0.29) is 5.82 Å². The minimum Gasteiger partial charge on any atom is -0.497 e. The predicted octanol–water partition coefficient (Wildman–Crippen LogP) is 5.95. The summed E-state index contributed by atoms with van der Waals surface area (Å²) >= 11 is 0. The first-order valence-corrected chi connectivity index (χ1v) is 9.88. The van der Waals surface area contributed by atoms with Crippen LogP contribution < -0.4 is 4.74 Å². The van der Waals surface area contributed by atoms with Crippen LogP contribution in [-0.4, -0.2) is 21.9 Å². The minimum atomic E-state index is -0.298. The Morgan fingerprint density at radius 2 is 1.70 bits per heavy atom. The van der Waals surface area contributed by atoms with E-state index in [1.165, 1.54) is 17.7 Å². The molecule has 0 amide bonds. The van der Waals surface area contributed by atoms with Crippen LogP contribution in [0.1, 0.15) is 12.5 Å². The van der Waals surface area contributed by atoms with Crippen molar-refractivity contribution in [1.29, 1.82) is 0 Å². The van der Waals surface area contributed by atoms with Gasteiger partial charge in [-0.2, -0.15) is 5.10 Å². The molecule has 0 bridgehead atoms. The van der Waals surface area contributed by atoms with E-state index in [1.807, 2.05) is 35.1 Å². The first-order chi connectivity index (χ1) is 14.7. The van der Waals surface area contributed by atoms with Crippen LogP contribution in [-0.2, 0) is 6.42 Å². The molecule has 0 aliphatic rings. The normalized spacial score (nSPS) is 11.3. The van der Waals surface area contributed by atoms with Gasteiger partial charge in [0.25, 0.3) is 0 Å². The van der Waals surface area contributed by atoms with Gasteiger partial charge in [0.1, 0.15) is 17.3 Å². The van der Waals surface area contributed by atoms with Crippen molar-refractivity contribution >= 4 is 21.8 Å². The molecule has 0 aliphatic carbocycles. The summed E-state index contributed by atoms with van der Waals surface area (Å²) in [6, 6.07) is 20.7. The number of rotatable bonds is 4. The molecule has 0 atom stereocenters. The van der Waals surface area contributed by atoms with E-state index < -0.39 is 0 Å². The van der Waals surface area contributed by atoms with Crippen LogP contribution in [0, 0.1) is 5.82 Å². The third-order valence-corrected chi connectivity index (χ3v) is 5.42. The molecule has 0 saturated heterocycles. The Hall–Kier alpha value is -3.73. The fraction of sp³-hybridized carbons (Fsp3) is 0.120. The lowest BCUT2D eigenvalue weighted by molar-refractivity contribution is 0.414. The van der Waals surface area contributed by atoms with Gasteiger partial charge in [-0.3, -0.25) is 4.98 Å². The summed E-state index contributed by atoms with van der Waals surface area (Å²) in [5.74, 6) is 0.469. The molecule has 5 rings (SSSR count). The third kappa shape index (κ3) is 2.99. The number of benzene rings is 3. The second-order valence-corrected chi connectivity index (χ2v) is 7.19. The molecule has 0 spiro atoms. The zero-order chi connectivity index (χ0) is 20.7. The van der Waals surface area contributed by atoms with Crippen LogP contribution >= 0.6 is 0 Å². The maximum atomic E-state index is 14.1. The number of aryl methyl sites for hydroxylation is 1. The number of pyridine rings is 1. The molecule has 2 aromatic heterocycles. The Labute approximate surface area is 173 Å². The van der Waals surface area contributed by atoms with Crippen LogP contribution in [0.5, 0.6) is 5.75 Å². The molecule has 0 aliphatic heterocycles. The summed E-state index contributed by atoms with van der Waals surface area (Å²) in [6.07, 6.45) is 2.80. The highest BCUT2D eigenvalue weighted by atomic mass is 19.1. The number of methoxy groups -OCH3 is 1. The number of hydrogen-bond donors (Lipinski definition) is 0. The van der Waals surface area contributed by atoms with E-state index >= 15 is 0 Å². The zero-order valence-corrected chi connectivity index (χ0v) is 16.8. The summed E-state index contributed by atoms with van der Waals surface area (Å²) < 4.78 is 21.3. The van der Waals surface area contributed by atoms with Crippen molar-refractivity contribution < 1.29 is 9.13 Å². The largest absolute Gasteiger partial charge is 0.497 e. The lowest BCUT2D eigenvalue weighted by Gasteiger charge is -2.07. The molecule has 148 valence electrons.